The van der Waals surface area contributed by atoms with Crippen LogP contribution in [0.3, 0.4) is 0 Å². The van der Waals surface area contributed by atoms with Crippen molar-refractivity contribution in [2.45, 2.75) is 19.5 Å². The molecule has 27 heavy (non-hydrogen) atoms. The van der Waals surface area contributed by atoms with Crippen LogP contribution >= 0.6 is 0 Å². The van der Waals surface area contributed by atoms with E-state index in [1.54, 1.807) is 0 Å². The lowest BCUT2D eigenvalue weighted by molar-refractivity contribution is -0.148. The highest BCUT2D eigenvalue weighted by Crippen LogP contribution is 2.38. The van der Waals surface area contributed by atoms with E-state index in [0.717, 1.165) is 18.6 Å². The Morgan fingerprint density at radius 3 is 2.56 bits per heavy atom. The summed E-state index contributed by atoms with van der Waals surface area (Å²) in [6, 6.07) is 3.21. The van der Waals surface area contributed by atoms with Gasteiger partial charge in [-0.15, -0.1) is 0 Å². The van der Waals surface area contributed by atoms with Crippen molar-refractivity contribution in [3.63, 3.8) is 0 Å². The largest absolute Gasteiger partial charge is 0.455 e. The van der Waals surface area contributed by atoms with Crippen molar-refractivity contribution in [3.8, 4) is 0 Å². The number of hydrogen-bond donors (Lipinski definition) is 1. The van der Waals surface area contributed by atoms with Crippen molar-refractivity contribution in [2.24, 2.45) is 11.8 Å². The molecule has 2 aliphatic rings. The molecule has 1 saturated carbocycles. The van der Waals surface area contributed by atoms with Crippen LogP contribution in [0.25, 0.3) is 0 Å². The van der Waals surface area contributed by atoms with Gasteiger partial charge >= 0.3 is 12.1 Å². The van der Waals surface area contributed by atoms with Crippen LogP contribution in [-0.2, 0) is 25.2 Å². The van der Waals surface area contributed by atoms with Gasteiger partial charge in [0, 0.05) is 13.1 Å². The molecule has 1 aliphatic heterocycles. The van der Waals surface area contributed by atoms with E-state index >= 15 is 0 Å². The van der Waals surface area contributed by atoms with Crippen molar-refractivity contribution in [3.05, 3.63) is 23.8 Å². The fraction of sp³-hybridized carbons (Fsp3) is 0.556. The van der Waals surface area contributed by atoms with Crippen LogP contribution in [0, 0.1) is 11.8 Å². The van der Waals surface area contributed by atoms with Crippen molar-refractivity contribution < 1.29 is 32.2 Å². The van der Waals surface area contributed by atoms with Gasteiger partial charge in [0.2, 0.25) is 0 Å². The third-order valence-corrected chi connectivity index (χ3v) is 4.71. The van der Waals surface area contributed by atoms with Gasteiger partial charge in [0.15, 0.2) is 6.61 Å². The number of hydrogen-bond acceptors (Lipinski definition) is 5. The van der Waals surface area contributed by atoms with E-state index < -0.39 is 30.2 Å². The molecule has 1 aromatic rings. The predicted octanol–water partition coefficient (Wildman–Crippen LogP) is 2.68. The van der Waals surface area contributed by atoms with E-state index in [9.17, 15) is 22.8 Å². The number of carbonyl (C=O) groups excluding carboxylic acids is 2. The standard InChI is InChI=1S/C18H21F3N2O4/c1-11-8-13(11)17(25)27-10-16(24)22-14-9-12(18(19,20)21)2-3-15(14)23-4-6-26-7-5-23/h2-3,9,11,13H,4-8,10H2,1H3,(H,22,24)/t11-,13+/m0/s1. The molecule has 1 N–H and O–H groups in total. The van der Waals surface area contributed by atoms with E-state index in [0.29, 0.717) is 32.0 Å². The maximum atomic E-state index is 13.0. The fourth-order valence-corrected chi connectivity index (χ4v) is 2.97. The average molecular weight is 386 g/mol. The number of morpholine rings is 1. The lowest BCUT2D eigenvalue weighted by Crippen LogP contribution is -2.37. The summed E-state index contributed by atoms with van der Waals surface area (Å²) in [6.07, 6.45) is -3.80. The first-order chi connectivity index (χ1) is 12.8. The first kappa shape index (κ1) is 19.5. The highest BCUT2D eigenvalue weighted by molar-refractivity contribution is 5.96. The summed E-state index contributed by atoms with van der Waals surface area (Å²) >= 11 is 0. The normalized spacial score (nSPS) is 22.3. The first-order valence-electron chi connectivity index (χ1n) is 8.76. The number of alkyl halides is 3. The monoisotopic (exact) mass is 386 g/mol. The van der Waals surface area contributed by atoms with E-state index in [1.165, 1.54) is 6.07 Å². The van der Waals surface area contributed by atoms with Gasteiger partial charge in [-0.3, -0.25) is 9.59 Å². The number of halogens is 3. The van der Waals surface area contributed by atoms with Crippen LogP contribution < -0.4 is 10.2 Å². The molecule has 9 heteroatoms. The second kappa shape index (κ2) is 7.75. The fourth-order valence-electron chi connectivity index (χ4n) is 2.97. The third kappa shape index (κ3) is 4.91. The minimum absolute atomic E-state index is 0.0348. The van der Waals surface area contributed by atoms with Crippen LogP contribution in [0.2, 0.25) is 0 Å². The number of nitrogens with zero attached hydrogens (tertiary/aromatic N) is 1. The minimum Gasteiger partial charge on any atom is -0.455 e. The SMILES string of the molecule is C[C@H]1C[C@H]1C(=O)OCC(=O)Nc1cc(C(F)(F)F)ccc1N1CCOCC1. The molecule has 2 atom stereocenters. The first-order valence-corrected chi connectivity index (χ1v) is 8.76. The zero-order chi connectivity index (χ0) is 19.6. The molecule has 1 saturated heterocycles. The van der Waals surface area contributed by atoms with Crippen molar-refractivity contribution >= 4 is 23.3 Å². The Bertz CT molecular complexity index is 717. The molecule has 0 bridgehead atoms. The number of amides is 1. The van der Waals surface area contributed by atoms with Crippen LogP contribution in [0.15, 0.2) is 18.2 Å². The summed E-state index contributed by atoms with van der Waals surface area (Å²) in [5, 5.41) is 2.45. The predicted molar refractivity (Wildman–Crippen MR) is 91.3 cm³/mol. The van der Waals surface area contributed by atoms with E-state index in [4.69, 9.17) is 9.47 Å². The molecule has 0 unspecified atom stereocenters. The number of rotatable bonds is 5. The molecule has 1 aliphatic carbocycles. The zero-order valence-electron chi connectivity index (χ0n) is 14.8. The van der Waals surface area contributed by atoms with Gasteiger partial charge in [-0.1, -0.05) is 6.92 Å². The molecule has 1 amide bonds. The highest BCUT2D eigenvalue weighted by atomic mass is 19.4. The van der Waals surface area contributed by atoms with Crippen molar-refractivity contribution in [1.29, 1.82) is 0 Å². The van der Waals surface area contributed by atoms with Crippen molar-refractivity contribution in [2.75, 3.05) is 43.1 Å². The second-order valence-corrected chi connectivity index (χ2v) is 6.80. The Labute approximate surface area is 154 Å². The highest BCUT2D eigenvalue weighted by Gasteiger charge is 2.40. The van der Waals surface area contributed by atoms with Gasteiger partial charge in [-0.05, 0) is 30.5 Å². The summed E-state index contributed by atoms with van der Waals surface area (Å²) < 4.78 is 49.4. The Kier molecular flexibility index (Phi) is 5.59. The lowest BCUT2D eigenvalue weighted by Gasteiger charge is -2.31. The molecular formula is C18H21F3N2O4. The quantitative estimate of drug-likeness (QED) is 0.788. The molecule has 1 heterocycles. The summed E-state index contributed by atoms with van der Waals surface area (Å²) in [5.74, 6) is -1.06. The summed E-state index contributed by atoms with van der Waals surface area (Å²) in [7, 11) is 0. The van der Waals surface area contributed by atoms with Gasteiger partial charge in [0.25, 0.3) is 5.91 Å². The molecule has 148 valence electrons. The van der Waals surface area contributed by atoms with Gasteiger partial charge in [-0.2, -0.15) is 13.2 Å². The topological polar surface area (TPSA) is 67.9 Å². The van der Waals surface area contributed by atoms with Crippen LogP contribution in [0.4, 0.5) is 24.5 Å². The van der Waals surface area contributed by atoms with Crippen LogP contribution in [-0.4, -0.2) is 44.8 Å². The van der Waals surface area contributed by atoms with Crippen LogP contribution in [0.1, 0.15) is 18.9 Å². The van der Waals surface area contributed by atoms with E-state index in [1.807, 2.05) is 11.8 Å². The minimum atomic E-state index is -4.53. The number of anilines is 2. The number of benzene rings is 1. The maximum Gasteiger partial charge on any atom is 0.416 e. The lowest BCUT2D eigenvalue weighted by atomic mass is 10.1. The molecule has 1 aromatic carbocycles. The Morgan fingerprint density at radius 2 is 1.96 bits per heavy atom. The molecular weight excluding hydrogens is 365 g/mol. The van der Waals surface area contributed by atoms with Crippen molar-refractivity contribution in [1.82, 2.24) is 0 Å². The third-order valence-electron chi connectivity index (χ3n) is 4.71. The smallest absolute Gasteiger partial charge is 0.416 e. The van der Waals surface area contributed by atoms with Gasteiger partial charge in [-0.25, -0.2) is 0 Å². The number of ether oxygens (including phenoxy) is 2. The Morgan fingerprint density at radius 1 is 1.30 bits per heavy atom. The van der Waals surface area contributed by atoms with Crippen LogP contribution in [0.5, 0.6) is 0 Å². The van der Waals surface area contributed by atoms with Gasteiger partial charge in [0.05, 0.1) is 36.1 Å². The second-order valence-electron chi connectivity index (χ2n) is 6.80. The Balaban J connectivity index is 1.72. The Hall–Kier alpha value is -2.29. The van der Waals surface area contributed by atoms with E-state index in [-0.39, 0.29) is 17.5 Å². The molecule has 0 radical (unpaired) electrons. The molecule has 6 nitrogen and oxygen atoms in total. The molecule has 2 fully saturated rings. The number of carbonyl (C=O) groups is 2. The molecule has 0 spiro atoms. The zero-order valence-corrected chi connectivity index (χ0v) is 14.8. The van der Waals surface area contributed by atoms with E-state index in [2.05, 4.69) is 5.32 Å². The average Bonchev–Trinajstić information content (AvgIpc) is 3.36. The maximum absolute atomic E-state index is 13.0. The number of nitrogens with one attached hydrogen (secondary N) is 1. The summed E-state index contributed by atoms with van der Waals surface area (Å²) in [6.45, 7) is 3.28. The van der Waals surface area contributed by atoms with Gasteiger partial charge < -0.3 is 19.7 Å². The number of esters is 1. The summed E-state index contributed by atoms with van der Waals surface area (Å²) in [5.41, 5.74) is -0.354. The molecule has 3 rings (SSSR count). The van der Waals surface area contributed by atoms with Gasteiger partial charge in [0.1, 0.15) is 0 Å². The molecule has 0 aromatic heterocycles. The summed E-state index contributed by atoms with van der Waals surface area (Å²) in [4.78, 5) is 25.7.